The van der Waals surface area contributed by atoms with E-state index >= 15 is 0 Å². The van der Waals surface area contributed by atoms with Gasteiger partial charge in [0.2, 0.25) is 0 Å². The van der Waals surface area contributed by atoms with Crippen LogP contribution >= 0.6 is 0 Å². The predicted molar refractivity (Wildman–Crippen MR) is 72.0 cm³/mol. The van der Waals surface area contributed by atoms with E-state index in [1.165, 1.54) is 0 Å². The molecule has 0 spiro atoms. The van der Waals surface area contributed by atoms with Crippen molar-refractivity contribution in [2.45, 2.75) is 38.4 Å². The maximum Gasteiger partial charge on any atom is 0.0940 e. The van der Waals surface area contributed by atoms with E-state index < -0.39 is 0 Å². The highest BCUT2D eigenvalue weighted by atomic mass is 16.5. The van der Waals surface area contributed by atoms with Gasteiger partial charge in [0.25, 0.3) is 0 Å². The quantitative estimate of drug-likeness (QED) is 0.769. The van der Waals surface area contributed by atoms with Crippen LogP contribution in [0.2, 0.25) is 0 Å². The van der Waals surface area contributed by atoms with Gasteiger partial charge in [0.05, 0.1) is 24.9 Å². The first kappa shape index (κ1) is 15.2. The molecule has 0 aromatic rings. The molecule has 0 aromatic heterocycles. The van der Waals surface area contributed by atoms with Crippen molar-refractivity contribution in [1.82, 2.24) is 4.90 Å². The number of aliphatic hydroxyl groups is 2. The molecule has 112 valence electrons. The van der Waals surface area contributed by atoms with Crippen LogP contribution in [0.5, 0.6) is 0 Å². The summed E-state index contributed by atoms with van der Waals surface area (Å²) in [7, 11) is 0. The Morgan fingerprint density at radius 2 is 1.89 bits per heavy atom. The zero-order valence-electron chi connectivity index (χ0n) is 12.1. The summed E-state index contributed by atoms with van der Waals surface area (Å²) in [5.74, 6) is 0. The van der Waals surface area contributed by atoms with E-state index in [1.54, 1.807) is 0 Å². The van der Waals surface area contributed by atoms with Crippen molar-refractivity contribution in [1.29, 1.82) is 0 Å². The highest BCUT2D eigenvalue weighted by molar-refractivity contribution is 4.90. The minimum absolute atomic E-state index is 0.0499. The van der Waals surface area contributed by atoms with Crippen LogP contribution < -0.4 is 0 Å². The standard InChI is InChI=1S/C14H27NO4/c1-13(2)9-15(7-12(8-16)19-13)10-14(11-17)3-5-18-6-4-14/h12,16-17H,3-11H2,1-2H3. The van der Waals surface area contributed by atoms with Gasteiger partial charge in [-0.25, -0.2) is 0 Å². The predicted octanol–water partition coefficient (Wildman–Crippen LogP) is 0.247. The average Bonchev–Trinajstić information content (AvgIpc) is 2.38. The number of nitrogens with zero attached hydrogens (tertiary/aromatic N) is 1. The summed E-state index contributed by atoms with van der Waals surface area (Å²) in [5.41, 5.74) is -0.293. The molecule has 2 N–H and O–H groups in total. The number of hydrogen-bond donors (Lipinski definition) is 2. The van der Waals surface area contributed by atoms with E-state index in [0.717, 1.165) is 45.7 Å². The second kappa shape index (κ2) is 6.06. The monoisotopic (exact) mass is 273 g/mol. The Kier molecular flexibility index (Phi) is 4.84. The Morgan fingerprint density at radius 1 is 1.21 bits per heavy atom. The lowest BCUT2D eigenvalue weighted by molar-refractivity contribution is -0.159. The van der Waals surface area contributed by atoms with Crippen LogP contribution in [0.15, 0.2) is 0 Å². The molecule has 1 atom stereocenters. The fraction of sp³-hybridized carbons (Fsp3) is 1.00. The molecule has 5 nitrogen and oxygen atoms in total. The van der Waals surface area contributed by atoms with E-state index in [1.807, 2.05) is 0 Å². The van der Waals surface area contributed by atoms with Crippen molar-refractivity contribution in [3.8, 4) is 0 Å². The fourth-order valence-electron chi connectivity index (χ4n) is 3.28. The van der Waals surface area contributed by atoms with Crippen LogP contribution in [-0.4, -0.2) is 72.9 Å². The first-order valence-corrected chi connectivity index (χ1v) is 7.18. The SMILES string of the molecule is CC1(C)CN(CC2(CO)CCOCC2)CC(CO)O1. The van der Waals surface area contributed by atoms with Crippen LogP contribution in [0.3, 0.4) is 0 Å². The van der Waals surface area contributed by atoms with Gasteiger partial charge in [0.15, 0.2) is 0 Å². The number of rotatable bonds is 4. The maximum absolute atomic E-state index is 9.76. The number of morpholine rings is 1. The topological polar surface area (TPSA) is 62.2 Å². The van der Waals surface area contributed by atoms with Gasteiger partial charge in [0, 0.05) is 38.3 Å². The first-order chi connectivity index (χ1) is 8.99. The van der Waals surface area contributed by atoms with Crippen LogP contribution in [-0.2, 0) is 9.47 Å². The molecule has 2 saturated heterocycles. The Bertz CT molecular complexity index is 289. The van der Waals surface area contributed by atoms with E-state index in [2.05, 4.69) is 18.7 Å². The molecule has 0 saturated carbocycles. The summed E-state index contributed by atoms with van der Waals surface area (Å²) in [4.78, 5) is 2.33. The van der Waals surface area contributed by atoms with Crippen molar-refractivity contribution < 1.29 is 19.7 Å². The van der Waals surface area contributed by atoms with Gasteiger partial charge >= 0.3 is 0 Å². The third-order valence-electron chi connectivity index (χ3n) is 4.20. The molecule has 2 fully saturated rings. The van der Waals surface area contributed by atoms with E-state index in [-0.39, 0.29) is 30.3 Å². The van der Waals surface area contributed by atoms with Crippen molar-refractivity contribution >= 4 is 0 Å². The molecule has 0 aromatic carbocycles. The molecule has 2 heterocycles. The van der Waals surface area contributed by atoms with Gasteiger partial charge in [-0.15, -0.1) is 0 Å². The lowest BCUT2D eigenvalue weighted by Crippen LogP contribution is -2.57. The second-order valence-electron chi connectivity index (χ2n) is 6.62. The minimum Gasteiger partial charge on any atom is -0.396 e. The molecule has 0 radical (unpaired) electrons. The molecule has 0 aliphatic carbocycles. The van der Waals surface area contributed by atoms with E-state index in [9.17, 15) is 10.2 Å². The molecule has 2 aliphatic heterocycles. The minimum atomic E-state index is -0.243. The number of aliphatic hydroxyl groups excluding tert-OH is 2. The zero-order chi connectivity index (χ0) is 13.9. The summed E-state index contributed by atoms with van der Waals surface area (Å²) < 4.78 is 11.2. The normalized spacial score (nSPS) is 31.3. The van der Waals surface area contributed by atoms with Crippen LogP contribution in [0.25, 0.3) is 0 Å². The summed E-state index contributed by atoms with van der Waals surface area (Å²) in [6.07, 6.45) is 1.69. The lowest BCUT2D eigenvalue weighted by Gasteiger charge is -2.46. The van der Waals surface area contributed by atoms with Crippen molar-refractivity contribution in [3.63, 3.8) is 0 Å². The number of hydrogen-bond acceptors (Lipinski definition) is 5. The highest BCUT2D eigenvalue weighted by Crippen LogP contribution is 2.33. The molecular formula is C14H27NO4. The Balaban J connectivity index is 2.00. The first-order valence-electron chi connectivity index (χ1n) is 7.18. The van der Waals surface area contributed by atoms with Crippen molar-refractivity contribution in [2.24, 2.45) is 5.41 Å². The summed E-state index contributed by atoms with van der Waals surface area (Å²) in [6, 6.07) is 0. The van der Waals surface area contributed by atoms with Gasteiger partial charge < -0.3 is 19.7 Å². The summed E-state index contributed by atoms with van der Waals surface area (Å²) >= 11 is 0. The molecule has 19 heavy (non-hydrogen) atoms. The lowest BCUT2D eigenvalue weighted by atomic mass is 9.80. The average molecular weight is 273 g/mol. The Labute approximate surface area is 115 Å². The van der Waals surface area contributed by atoms with Crippen molar-refractivity contribution in [3.05, 3.63) is 0 Å². The van der Waals surface area contributed by atoms with Crippen LogP contribution in [0.4, 0.5) is 0 Å². The zero-order valence-corrected chi connectivity index (χ0v) is 12.1. The van der Waals surface area contributed by atoms with Gasteiger partial charge in [0.1, 0.15) is 0 Å². The fourth-order valence-corrected chi connectivity index (χ4v) is 3.28. The second-order valence-corrected chi connectivity index (χ2v) is 6.62. The highest BCUT2D eigenvalue weighted by Gasteiger charge is 2.39. The molecular weight excluding hydrogens is 246 g/mol. The van der Waals surface area contributed by atoms with Gasteiger partial charge in [-0.2, -0.15) is 0 Å². The largest absolute Gasteiger partial charge is 0.396 e. The molecule has 0 bridgehead atoms. The van der Waals surface area contributed by atoms with Gasteiger partial charge in [-0.1, -0.05) is 0 Å². The van der Waals surface area contributed by atoms with E-state index in [4.69, 9.17) is 9.47 Å². The molecule has 0 amide bonds. The Hall–Kier alpha value is -0.200. The molecule has 2 rings (SSSR count). The van der Waals surface area contributed by atoms with Gasteiger partial charge in [-0.05, 0) is 26.7 Å². The third-order valence-corrected chi connectivity index (χ3v) is 4.20. The van der Waals surface area contributed by atoms with E-state index in [0.29, 0.717) is 0 Å². The maximum atomic E-state index is 9.76. The van der Waals surface area contributed by atoms with Gasteiger partial charge in [-0.3, -0.25) is 4.90 Å². The molecule has 5 heteroatoms. The third kappa shape index (κ3) is 3.89. The summed E-state index contributed by atoms with van der Waals surface area (Å²) in [5, 5.41) is 19.1. The smallest absolute Gasteiger partial charge is 0.0940 e. The number of ether oxygens (including phenoxy) is 2. The van der Waals surface area contributed by atoms with Crippen LogP contribution in [0, 0.1) is 5.41 Å². The summed E-state index contributed by atoms with van der Waals surface area (Å²) in [6.45, 7) is 8.27. The van der Waals surface area contributed by atoms with Crippen LogP contribution in [0.1, 0.15) is 26.7 Å². The Morgan fingerprint density at radius 3 is 2.47 bits per heavy atom. The molecule has 1 unspecified atom stereocenters. The van der Waals surface area contributed by atoms with Crippen molar-refractivity contribution in [2.75, 3.05) is 46.1 Å². The molecule has 2 aliphatic rings.